The Kier molecular flexibility index (Phi) is 7.88. The van der Waals surface area contributed by atoms with Crippen LogP contribution in [0.5, 0.6) is 17.2 Å². The molecule has 0 aromatic heterocycles. The highest BCUT2D eigenvalue weighted by molar-refractivity contribution is 5.79. The molecule has 2 N–H and O–H groups in total. The number of aliphatic imine (C=N–C) groups is 1. The molecular weight excluding hydrogens is 406 g/mol. The molecule has 0 bridgehead atoms. The number of fused-ring (bicyclic) bond motifs is 1. The second-order valence-corrected chi connectivity index (χ2v) is 7.25. The Hall–Kier alpha value is -3.07. The number of ether oxygens (including phenoxy) is 3. The van der Waals surface area contributed by atoms with E-state index >= 15 is 0 Å². The molecule has 0 fully saturated rings. The van der Waals surface area contributed by atoms with Gasteiger partial charge in [0.15, 0.2) is 17.5 Å². The fourth-order valence-corrected chi connectivity index (χ4v) is 3.20. The minimum absolute atomic E-state index is 0.0233. The minimum Gasteiger partial charge on any atom is -0.454 e. The molecule has 0 amide bonds. The highest BCUT2D eigenvalue weighted by atomic mass is 19.3. The third-order valence-electron chi connectivity index (χ3n) is 4.57. The first-order chi connectivity index (χ1) is 15.0. The van der Waals surface area contributed by atoms with Crippen molar-refractivity contribution < 1.29 is 23.0 Å². The minimum atomic E-state index is -2.94. The van der Waals surface area contributed by atoms with Crippen LogP contribution in [0.4, 0.5) is 8.78 Å². The average molecular weight is 434 g/mol. The van der Waals surface area contributed by atoms with Crippen molar-refractivity contribution >= 4 is 5.96 Å². The van der Waals surface area contributed by atoms with Gasteiger partial charge in [0.1, 0.15) is 5.75 Å². The summed E-state index contributed by atoms with van der Waals surface area (Å²) < 4.78 is 41.0. The van der Waals surface area contributed by atoms with Crippen LogP contribution in [0.15, 0.2) is 41.4 Å². The summed E-state index contributed by atoms with van der Waals surface area (Å²) >= 11 is 0. The second kappa shape index (κ2) is 10.8. The molecule has 0 spiro atoms. The van der Waals surface area contributed by atoms with Crippen LogP contribution < -0.4 is 24.8 Å². The zero-order valence-electron chi connectivity index (χ0n) is 18.0. The molecule has 1 heterocycles. The van der Waals surface area contributed by atoms with Crippen LogP contribution in [0.3, 0.4) is 0 Å². The summed E-state index contributed by atoms with van der Waals surface area (Å²) in [6.45, 7) is 1.27. The normalized spacial score (nSPS) is 13.1. The lowest BCUT2D eigenvalue weighted by Gasteiger charge is -2.16. The van der Waals surface area contributed by atoms with Gasteiger partial charge in [-0.15, -0.1) is 0 Å². The SMILES string of the molecule is CCNC(=NCc1cc2c(cc1OC(F)F)OCO2)NCc1ccccc1CN(C)C. The molecule has 2 aromatic rings. The van der Waals surface area contributed by atoms with E-state index in [1.165, 1.54) is 11.6 Å². The van der Waals surface area contributed by atoms with Crippen LogP contribution in [0.25, 0.3) is 0 Å². The van der Waals surface area contributed by atoms with Crippen LogP contribution in [-0.4, -0.2) is 44.9 Å². The lowest BCUT2D eigenvalue weighted by Crippen LogP contribution is -2.37. The number of guanidine groups is 1. The quantitative estimate of drug-likeness (QED) is 0.466. The van der Waals surface area contributed by atoms with Crippen molar-refractivity contribution in [2.45, 2.75) is 33.2 Å². The van der Waals surface area contributed by atoms with Crippen LogP contribution >= 0.6 is 0 Å². The molecule has 0 atom stereocenters. The summed E-state index contributed by atoms with van der Waals surface area (Å²) in [6, 6.07) is 11.2. The van der Waals surface area contributed by atoms with E-state index in [4.69, 9.17) is 9.47 Å². The van der Waals surface area contributed by atoms with Crippen molar-refractivity contribution in [3.63, 3.8) is 0 Å². The number of nitrogens with zero attached hydrogens (tertiary/aromatic N) is 2. The fourth-order valence-electron chi connectivity index (χ4n) is 3.20. The summed E-state index contributed by atoms with van der Waals surface area (Å²) in [4.78, 5) is 6.66. The molecule has 9 heteroatoms. The highest BCUT2D eigenvalue weighted by Crippen LogP contribution is 2.39. The Morgan fingerprint density at radius 2 is 1.81 bits per heavy atom. The largest absolute Gasteiger partial charge is 0.454 e. The van der Waals surface area contributed by atoms with E-state index in [9.17, 15) is 8.78 Å². The number of halogens is 2. The number of rotatable bonds is 9. The molecule has 1 aliphatic heterocycles. The van der Waals surface area contributed by atoms with E-state index < -0.39 is 6.61 Å². The fraction of sp³-hybridized carbons (Fsp3) is 0.409. The van der Waals surface area contributed by atoms with E-state index in [2.05, 4.69) is 37.4 Å². The van der Waals surface area contributed by atoms with Crippen molar-refractivity contribution in [2.24, 2.45) is 4.99 Å². The van der Waals surface area contributed by atoms with Crippen LogP contribution in [0.2, 0.25) is 0 Å². The summed E-state index contributed by atoms with van der Waals surface area (Å²) in [5.74, 6) is 1.46. The Morgan fingerprint density at radius 1 is 1.10 bits per heavy atom. The number of hydrogen-bond donors (Lipinski definition) is 2. The summed E-state index contributed by atoms with van der Waals surface area (Å²) in [5.41, 5.74) is 2.86. The molecule has 31 heavy (non-hydrogen) atoms. The Bertz CT molecular complexity index is 906. The van der Waals surface area contributed by atoms with Crippen molar-refractivity contribution in [2.75, 3.05) is 27.4 Å². The molecule has 168 valence electrons. The molecule has 2 aromatic carbocycles. The van der Waals surface area contributed by atoms with E-state index in [1.807, 2.05) is 33.2 Å². The second-order valence-electron chi connectivity index (χ2n) is 7.25. The van der Waals surface area contributed by atoms with E-state index in [-0.39, 0.29) is 19.1 Å². The third kappa shape index (κ3) is 6.45. The molecule has 0 saturated heterocycles. The molecule has 0 aliphatic carbocycles. The molecule has 0 saturated carbocycles. The zero-order valence-corrected chi connectivity index (χ0v) is 18.0. The van der Waals surface area contributed by atoms with Crippen molar-refractivity contribution in [3.05, 3.63) is 53.1 Å². The van der Waals surface area contributed by atoms with Gasteiger partial charge in [-0.25, -0.2) is 4.99 Å². The van der Waals surface area contributed by atoms with E-state index in [0.29, 0.717) is 36.1 Å². The topological polar surface area (TPSA) is 67.4 Å². The van der Waals surface area contributed by atoms with Gasteiger partial charge in [0.25, 0.3) is 0 Å². The summed E-state index contributed by atoms with van der Waals surface area (Å²) in [6.07, 6.45) is 0. The van der Waals surface area contributed by atoms with Gasteiger partial charge in [0.05, 0.1) is 6.54 Å². The smallest absolute Gasteiger partial charge is 0.387 e. The Morgan fingerprint density at radius 3 is 2.48 bits per heavy atom. The maximum absolute atomic E-state index is 12.9. The Balaban J connectivity index is 1.75. The molecule has 1 aliphatic rings. The van der Waals surface area contributed by atoms with Gasteiger partial charge in [-0.2, -0.15) is 8.78 Å². The van der Waals surface area contributed by atoms with E-state index in [1.54, 1.807) is 6.07 Å². The number of alkyl halides is 2. The first-order valence-electron chi connectivity index (χ1n) is 10.1. The Labute approximate surface area is 181 Å². The van der Waals surface area contributed by atoms with E-state index in [0.717, 1.165) is 12.1 Å². The summed E-state index contributed by atoms with van der Waals surface area (Å²) in [7, 11) is 4.06. The number of nitrogens with one attached hydrogen (secondary N) is 2. The van der Waals surface area contributed by atoms with Gasteiger partial charge >= 0.3 is 6.61 Å². The van der Waals surface area contributed by atoms with Crippen LogP contribution in [-0.2, 0) is 19.6 Å². The van der Waals surface area contributed by atoms with Gasteiger partial charge < -0.3 is 29.7 Å². The zero-order chi connectivity index (χ0) is 22.2. The molecule has 0 unspecified atom stereocenters. The standard InChI is InChI=1S/C22H28F2N4O3/c1-4-25-22(26-11-15-7-5-6-8-16(15)13-28(2)3)27-12-17-9-19-20(30-14-29-19)10-18(17)31-21(23)24/h5-10,21H,4,11-14H2,1-3H3,(H2,25,26,27). The van der Waals surface area contributed by atoms with Crippen molar-refractivity contribution in [3.8, 4) is 17.2 Å². The lowest BCUT2D eigenvalue weighted by atomic mass is 10.1. The molecular formula is C22H28F2N4O3. The van der Waals surface area contributed by atoms with Crippen LogP contribution in [0.1, 0.15) is 23.6 Å². The van der Waals surface area contributed by atoms with Gasteiger partial charge in [-0.3, -0.25) is 0 Å². The number of hydrogen-bond acceptors (Lipinski definition) is 5. The predicted octanol–water partition coefficient (Wildman–Crippen LogP) is 3.33. The third-order valence-corrected chi connectivity index (χ3v) is 4.57. The van der Waals surface area contributed by atoms with Gasteiger partial charge in [0.2, 0.25) is 6.79 Å². The molecule has 3 rings (SSSR count). The average Bonchev–Trinajstić information content (AvgIpc) is 3.17. The van der Waals surface area contributed by atoms with Crippen molar-refractivity contribution in [1.82, 2.24) is 15.5 Å². The molecule has 0 radical (unpaired) electrons. The predicted molar refractivity (Wildman–Crippen MR) is 115 cm³/mol. The first kappa shape index (κ1) is 22.6. The van der Waals surface area contributed by atoms with Crippen LogP contribution in [0, 0.1) is 0 Å². The van der Waals surface area contributed by atoms with Gasteiger partial charge in [0, 0.05) is 31.3 Å². The first-order valence-corrected chi connectivity index (χ1v) is 10.1. The summed E-state index contributed by atoms with van der Waals surface area (Å²) in [5, 5.41) is 6.49. The van der Waals surface area contributed by atoms with Gasteiger partial charge in [-0.1, -0.05) is 24.3 Å². The lowest BCUT2D eigenvalue weighted by molar-refractivity contribution is -0.0505. The highest BCUT2D eigenvalue weighted by Gasteiger charge is 2.20. The number of benzene rings is 2. The van der Waals surface area contributed by atoms with Crippen molar-refractivity contribution in [1.29, 1.82) is 0 Å². The maximum Gasteiger partial charge on any atom is 0.387 e. The van der Waals surface area contributed by atoms with Gasteiger partial charge in [-0.05, 0) is 38.2 Å². The monoisotopic (exact) mass is 434 g/mol. The maximum atomic E-state index is 12.9. The molecule has 7 nitrogen and oxygen atoms in total.